The molecule has 1 atom stereocenters. The third-order valence-electron chi connectivity index (χ3n) is 2.79. The second-order valence-corrected chi connectivity index (χ2v) is 4.21. The fraction of sp³-hybridized carbons (Fsp3) is 0.909. The quantitative estimate of drug-likeness (QED) is 0.765. The van der Waals surface area contributed by atoms with Gasteiger partial charge < -0.3 is 15.4 Å². The van der Waals surface area contributed by atoms with Crippen LogP contribution in [0.5, 0.6) is 0 Å². The van der Waals surface area contributed by atoms with Gasteiger partial charge in [-0.3, -0.25) is 4.79 Å². The Bertz CT molecular complexity index is 234. The van der Waals surface area contributed by atoms with Gasteiger partial charge in [-0.15, -0.1) is 0 Å². The molecular weight excluding hydrogens is 230 g/mol. The third-order valence-corrected chi connectivity index (χ3v) is 2.79. The van der Waals surface area contributed by atoms with Crippen LogP contribution in [0.1, 0.15) is 25.7 Å². The van der Waals surface area contributed by atoms with Crippen LogP contribution < -0.4 is 5.73 Å². The first-order valence-corrected chi connectivity index (χ1v) is 6.01. The summed E-state index contributed by atoms with van der Waals surface area (Å²) in [7, 11) is 0. The minimum absolute atomic E-state index is 0.116. The first-order valence-electron chi connectivity index (χ1n) is 6.01. The van der Waals surface area contributed by atoms with Crippen molar-refractivity contribution in [1.29, 1.82) is 0 Å². The number of rotatable bonds is 6. The number of nitrogens with two attached hydrogens (primary N) is 1. The molecule has 0 spiro atoms. The Balaban J connectivity index is 2.39. The minimum atomic E-state index is -2.52. The highest BCUT2D eigenvalue weighted by molar-refractivity contribution is 5.76. The molecule has 0 aromatic heterocycles. The molecule has 1 amide bonds. The average Bonchev–Trinajstić information content (AvgIpc) is 2.29. The molecule has 0 radical (unpaired) electrons. The number of carbonyl (C=O) groups excluding carboxylic acids is 1. The molecule has 6 heteroatoms. The summed E-state index contributed by atoms with van der Waals surface area (Å²) in [6, 6.07) is 0. The second-order valence-electron chi connectivity index (χ2n) is 4.21. The van der Waals surface area contributed by atoms with Gasteiger partial charge in [0.05, 0.1) is 19.1 Å². The third kappa shape index (κ3) is 5.41. The summed E-state index contributed by atoms with van der Waals surface area (Å²) in [4.78, 5) is 12.9. The van der Waals surface area contributed by atoms with Crippen molar-refractivity contribution in [1.82, 2.24) is 4.90 Å². The lowest BCUT2D eigenvalue weighted by Gasteiger charge is -2.26. The van der Waals surface area contributed by atoms with Gasteiger partial charge in [-0.25, -0.2) is 8.78 Å². The van der Waals surface area contributed by atoms with Crippen LogP contribution in [0.2, 0.25) is 0 Å². The molecule has 0 aliphatic carbocycles. The Morgan fingerprint density at radius 2 is 2.24 bits per heavy atom. The molecule has 2 N–H and O–H groups in total. The Labute approximate surface area is 100 Å². The van der Waals surface area contributed by atoms with Crippen LogP contribution in [0.4, 0.5) is 8.78 Å². The molecule has 100 valence electrons. The van der Waals surface area contributed by atoms with E-state index >= 15 is 0 Å². The van der Waals surface area contributed by atoms with Crippen molar-refractivity contribution < 1.29 is 18.3 Å². The lowest BCUT2D eigenvalue weighted by atomic mass is 10.1. The van der Waals surface area contributed by atoms with Crippen LogP contribution in [0.25, 0.3) is 0 Å². The van der Waals surface area contributed by atoms with E-state index in [-0.39, 0.29) is 31.5 Å². The number of amides is 1. The van der Waals surface area contributed by atoms with Crippen molar-refractivity contribution in [3.05, 3.63) is 0 Å². The van der Waals surface area contributed by atoms with E-state index in [0.717, 1.165) is 24.2 Å². The number of hydrogen-bond donors (Lipinski definition) is 1. The van der Waals surface area contributed by atoms with Gasteiger partial charge >= 0.3 is 0 Å². The fourth-order valence-electron chi connectivity index (χ4n) is 1.93. The Morgan fingerprint density at radius 3 is 2.76 bits per heavy atom. The monoisotopic (exact) mass is 250 g/mol. The largest absolute Gasteiger partial charge is 0.378 e. The summed E-state index contributed by atoms with van der Waals surface area (Å²) in [5, 5.41) is 0. The van der Waals surface area contributed by atoms with Crippen LogP contribution in [-0.2, 0) is 9.53 Å². The molecule has 0 aromatic rings. The van der Waals surface area contributed by atoms with Crippen molar-refractivity contribution in [2.24, 2.45) is 5.73 Å². The van der Waals surface area contributed by atoms with Crippen LogP contribution in [0.15, 0.2) is 0 Å². The van der Waals surface area contributed by atoms with Crippen LogP contribution in [0, 0.1) is 0 Å². The van der Waals surface area contributed by atoms with Gasteiger partial charge in [-0.05, 0) is 19.3 Å². The molecule has 1 rings (SSSR count). The predicted octanol–water partition coefficient (Wildman–Crippen LogP) is 0.998. The van der Waals surface area contributed by atoms with Gasteiger partial charge in [0.15, 0.2) is 0 Å². The fourth-order valence-corrected chi connectivity index (χ4v) is 1.93. The molecule has 0 aromatic carbocycles. The normalized spacial score (nSPS) is 20.6. The number of halogens is 2. The zero-order valence-electron chi connectivity index (χ0n) is 9.91. The van der Waals surface area contributed by atoms with Gasteiger partial charge in [0, 0.05) is 19.7 Å². The molecule has 1 unspecified atom stereocenters. The molecule has 0 saturated carbocycles. The average molecular weight is 250 g/mol. The molecule has 4 nitrogen and oxygen atoms in total. The number of hydrogen-bond acceptors (Lipinski definition) is 3. The summed E-state index contributed by atoms with van der Waals surface area (Å²) >= 11 is 0. The van der Waals surface area contributed by atoms with Gasteiger partial charge in [-0.2, -0.15) is 0 Å². The number of alkyl halides is 2. The molecule has 1 heterocycles. The number of nitrogens with zero attached hydrogens (tertiary/aromatic N) is 1. The second kappa shape index (κ2) is 7.55. The maximum atomic E-state index is 12.3. The van der Waals surface area contributed by atoms with Crippen LogP contribution in [0.3, 0.4) is 0 Å². The summed E-state index contributed by atoms with van der Waals surface area (Å²) in [5.41, 5.74) is 5.31. The van der Waals surface area contributed by atoms with E-state index in [1.807, 2.05) is 0 Å². The number of ether oxygens (including phenoxy) is 1. The zero-order chi connectivity index (χ0) is 12.7. The summed E-state index contributed by atoms with van der Waals surface area (Å²) in [5.74, 6) is -0.289. The summed E-state index contributed by atoms with van der Waals surface area (Å²) in [6.07, 6.45) is 0.425. The van der Waals surface area contributed by atoms with Gasteiger partial charge in [-0.1, -0.05) is 0 Å². The van der Waals surface area contributed by atoms with E-state index in [9.17, 15) is 13.6 Å². The van der Waals surface area contributed by atoms with E-state index in [2.05, 4.69) is 0 Å². The topological polar surface area (TPSA) is 55.6 Å². The maximum absolute atomic E-state index is 12.3. The minimum Gasteiger partial charge on any atom is -0.378 e. The van der Waals surface area contributed by atoms with E-state index in [4.69, 9.17) is 10.5 Å². The summed E-state index contributed by atoms with van der Waals surface area (Å²) in [6.45, 7) is 0.492. The Morgan fingerprint density at radius 1 is 1.47 bits per heavy atom. The molecule has 1 aliphatic heterocycles. The predicted molar refractivity (Wildman–Crippen MR) is 59.8 cm³/mol. The van der Waals surface area contributed by atoms with Gasteiger partial charge in [0.25, 0.3) is 6.43 Å². The lowest BCUT2D eigenvalue weighted by Crippen LogP contribution is -2.40. The smallest absolute Gasteiger partial charge is 0.255 e. The summed E-state index contributed by atoms with van der Waals surface area (Å²) < 4.78 is 30.0. The molecule has 1 saturated heterocycles. The zero-order valence-corrected chi connectivity index (χ0v) is 9.91. The number of carbonyl (C=O) groups is 1. The van der Waals surface area contributed by atoms with Gasteiger partial charge in [0.2, 0.25) is 5.91 Å². The first-order chi connectivity index (χ1) is 8.13. The molecule has 1 fully saturated rings. The van der Waals surface area contributed by atoms with E-state index in [1.54, 1.807) is 0 Å². The molecule has 0 bridgehead atoms. The van der Waals surface area contributed by atoms with Crippen LogP contribution in [-0.4, -0.2) is 49.6 Å². The van der Waals surface area contributed by atoms with Crippen molar-refractivity contribution in [3.8, 4) is 0 Å². The van der Waals surface area contributed by atoms with Crippen molar-refractivity contribution >= 4 is 5.91 Å². The van der Waals surface area contributed by atoms with Crippen molar-refractivity contribution in [3.63, 3.8) is 0 Å². The highest BCUT2D eigenvalue weighted by Gasteiger charge is 2.23. The highest BCUT2D eigenvalue weighted by Crippen LogP contribution is 2.16. The van der Waals surface area contributed by atoms with Gasteiger partial charge in [0.1, 0.15) is 0 Å². The lowest BCUT2D eigenvalue weighted by molar-refractivity contribution is -0.136. The molecule has 1 aliphatic rings. The van der Waals surface area contributed by atoms with Crippen LogP contribution >= 0.6 is 0 Å². The molecular formula is C11H20F2N2O2. The van der Waals surface area contributed by atoms with E-state index < -0.39 is 13.0 Å². The van der Waals surface area contributed by atoms with Crippen molar-refractivity contribution in [2.75, 3.05) is 26.2 Å². The maximum Gasteiger partial charge on any atom is 0.255 e. The first kappa shape index (κ1) is 14.3. The van der Waals surface area contributed by atoms with Crippen molar-refractivity contribution in [2.45, 2.75) is 38.2 Å². The Hall–Kier alpha value is -0.750. The SMILES string of the molecule is NCCN(CC(F)F)C(=O)CC1CCCCO1. The highest BCUT2D eigenvalue weighted by atomic mass is 19.3. The Kier molecular flexibility index (Phi) is 6.36. The van der Waals surface area contributed by atoms with E-state index in [1.165, 1.54) is 0 Å². The standard InChI is InChI=1S/C11H20F2N2O2/c12-10(13)8-15(5-4-14)11(16)7-9-3-1-2-6-17-9/h9-10H,1-8,14H2. The van der Waals surface area contributed by atoms with E-state index in [0.29, 0.717) is 6.61 Å². The molecule has 17 heavy (non-hydrogen) atoms.